The maximum absolute atomic E-state index is 13.1. The van der Waals surface area contributed by atoms with Crippen LogP contribution in [-0.4, -0.2) is 53.2 Å². The molecule has 0 unspecified atom stereocenters. The maximum Gasteiger partial charge on any atom is 0.231 e. The van der Waals surface area contributed by atoms with Crippen molar-refractivity contribution in [2.24, 2.45) is 0 Å². The van der Waals surface area contributed by atoms with Crippen molar-refractivity contribution in [1.29, 1.82) is 0 Å². The molecule has 30 heavy (non-hydrogen) atoms. The van der Waals surface area contributed by atoms with Gasteiger partial charge in [-0.05, 0) is 52.2 Å². The molecule has 0 radical (unpaired) electrons. The zero-order chi connectivity index (χ0) is 20.3. The largest absolute Gasteiger partial charge is 0.454 e. The van der Waals surface area contributed by atoms with Crippen LogP contribution in [0, 0.1) is 0 Å². The molecule has 7 heteroatoms. The first-order chi connectivity index (χ1) is 14.8. The van der Waals surface area contributed by atoms with Crippen molar-refractivity contribution in [2.75, 3.05) is 33.0 Å². The van der Waals surface area contributed by atoms with E-state index in [1.165, 1.54) is 11.1 Å². The Morgan fingerprint density at radius 2 is 1.83 bits per heavy atom. The predicted octanol–water partition coefficient (Wildman–Crippen LogP) is 3.60. The van der Waals surface area contributed by atoms with E-state index in [0.717, 1.165) is 44.2 Å². The second kappa shape index (κ2) is 8.53. The smallest absolute Gasteiger partial charge is 0.231 e. The highest BCUT2D eigenvalue weighted by Gasteiger charge is 2.25. The van der Waals surface area contributed by atoms with Gasteiger partial charge in [0.25, 0.3) is 0 Å². The third-order valence-corrected chi connectivity index (χ3v) is 6.55. The number of piperazine rings is 1. The van der Waals surface area contributed by atoms with Crippen LogP contribution < -0.4 is 9.47 Å². The average molecular weight is 424 g/mol. The van der Waals surface area contributed by atoms with E-state index in [2.05, 4.69) is 38.4 Å². The SMILES string of the molecule is O=C(C[C@@H](c1ccsc1)n1cccc1)N1CCN(Cc2ccc3c(c2)OCO3)CC1. The van der Waals surface area contributed by atoms with Gasteiger partial charge in [-0.2, -0.15) is 11.3 Å². The monoisotopic (exact) mass is 423 g/mol. The fourth-order valence-electron chi connectivity index (χ4n) is 4.16. The molecule has 0 saturated carbocycles. The molecule has 1 fully saturated rings. The van der Waals surface area contributed by atoms with Gasteiger partial charge < -0.3 is 18.9 Å². The van der Waals surface area contributed by atoms with E-state index >= 15 is 0 Å². The molecule has 1 saturated heterocycles. The number of fused-ring (bicyclic) bond motifs is 1. The van der Waals surface area contributed by atoms with Crippen molar-refractivity contribution in [3.63, 3.8) is 0 Å². The van der Waals surface area contributed by atoms with Crippen molar-refractivity contribution < 1.29 is 14.3 Å². The number of benzene rings is 1. The first kappa shape index (κ1) is 19.2. The van der Waals surface area contributed by atoms with E-state index in [1.54, 1.807) is 11.3 Å². The Kier molecular flexibility index (Phi) is 5.46. The summed E-state index contributed by atoms with van der Waals surface area (Å²) in [7, 11) is 0. The zero-order valence-electron chi connectivity index (χ0n) is 16.8. The van der Waals surface area contributed by atoms with Gasteiger partial charge in [-0.15, -0.1) is 0 Å². The molecule has 2 aliphatic heterocycles. The minimum absolute atomic E-state index is 0.0606. The van der Waals surface area contributed by atoms with E-state index < -0.39 is 0 Å². The molecule has 2 aliphatic rings. The van der Waals surface area contributed by atoms with Gasteiger partial charge in [-0.1, -0.05) is 6.07 Å². The highest BCUT2D eigenvalue weighted by atomic mass is 32.1. The Hall–Kier alpha value is -2.77. The fourth-order valence-corrected chi connectivity index (χ4v) is 4.87. The molecule has 156 valence electrons. The summed E-state index contributed by atoms with van der Waals surface area (Å²) in [6, 6.07) is 12.3. The normalized spacial score (nSPS) is 17.3. The topological polar surface area (TPSA) is 46.9 Å². The van der Waals surface area contributed by atoms with E-state index in [9.17, 15) is 4.79 Å². The summed E-state index contributed by atoms with van der Waals surface area (Å²) in [5.41, 5.74) is 2.41. The molecule has 0 spiro atoms. The minimum Gasteiger partial charge on any atom is -0.454 e. The molecular weight excluding hydrogens is 398 g/mol. The van der Waals surface area contributed by atoms with Crippen LogP contribution in [0.2, 0.25) is 0 Å². The number of nitrogens with zero attached hydrogens (tertiary/aromatic N) is 3. The van der Waals surface area contributed by atoms with Gasteiger partial charge in [0.2, 0.25) is 12.7 Å². The molecule has 1 aromatic carbocycles. The highest BCUT2D eigenvalue weighted by Crippen LogP contribution is 2.33. The average Bonchev–Trinajstić information content (AvgIpc) is 3.55. The van der Waals surface area contributed by atoms with Gasteiger partial charge in [-0.25, -0.2) is 0 Å². The summed E-state index contributed by atoms with van der Waals surface area (Å²) in [5, 5.41) is 4.21. The van der Waals surface area contributed by atoms with Crippen LogP contribution >= 0.6 is 11.3 Å². The molecule has 6 nitrogen and oxygen atoms in total. The molecule has 1 atom stereocenters. The van der Waals surface area contributed by atoms with Gasteiger partial charge in [-0.3, -0.25) is 9.69 Å². The lowest BCUT2D eigenvalue weighted by atomic mass is 10.1. The Morgan fingerprint density at radius 3 is 2.60 bits per heavy atom. The first-order valence-corrected chi connectivity index (χ1v) is 11.2. The predicted molar refractivity (Wildman–Crippen MR) is 116 cm³/mol. The Labute approximate surface area is 180 Å². The van der Waals surface area contributed by atoms with Crippen LogP contribution in [0.15, 0.2) is 59.6 Å². The van der Waals surface area contributed by atoms with Gasteiger partial charge in [0.1, 0.15) is 0 Å². The second-order valence-electron chi connectivity index (χ2n) is 7.75. The van der Waals surface area contributed by atoms with Gasteiger partial charge >= 0.3 is 0 Å². The summed E-state index contributed by atoms with van der Waals surface area (Å²) in [5.74, 6) is 1.87. The Balaban J connectivity index is 1.17. The number of hydrogen-bond donors (Lipinski definition) is 0. The molecule has 0 aliphatic carbocycles. The molecule has 5 rings (SSSR count). The van der Waals surface area contributed by atoms with Crippen LogP contribution in [0.25, 0.3) is 0 Å². The van der Waals surface area contributed by atoms with Crippen molar-refractivity contribution in [3.8, 4) is 11.5 Å². The summed E-state index contributed by atoms with van der Waals surface area (Å²) in [6.07, 6.45) is 4.57. The van der Waals surface area contributed by atoms with Crippen LogP contribution in [0.5, 0.6) is 11.5 Å². The van der Waals surface area contributed by atoms with Gasteiger partial charge in [0.15, 0.2) is 11.5 Å². The van der Waals surface area contributed by atoms with Gasteiger partial charge in [0, 0.05) is 45.1 Å². The van der Waals surface area contributed by atoms with E-state index in [4.69, 9.17) is 9.47 Å². The number of hydrogen-bond acceptors (Lipinski definition) is 5. The molecule has 3 aromatic rings. The van der Waals surface area contributed by atoms with Crippen molar-refractivity contribution >= 4 is 17.2 Å². The standard InChI is InChI=1S/C23H25N3O3S/c27-23(14-20(19-5-12-30-16-19)25-6-1-2-7-25)26-10-8-24(9-11-26)15-18-3-4-21-22(13-18)29-17-28-21/h1-7,12-13,16,20H,8-11,14-15,17H2/t20-/m0/s1. The summed E-state index contributed by atoms with van der Waals surface area (Å²) in [6.45, 7) is 4.46. The zero-order valence-corrected chi connectivity index (χ0v) is 17.6. The molecular formula is C23H25N3O3S. The number of ether oxygens (including phenoxy) is 2. The van der Waals surface area contributed by atoms with Crippen molar-refractivity contribution in [1.82, 2.24) is 14.4 Å². The number of carbonyl (C=O) groups is 1. The lowest BCUT2D eigenvalue weighted by Crippen LogP contribution is -2.48. The molecule has 4 heterocycles. The number of carbonyl (C=O) groups excluding carboxylic acids is 1. The lowest BCUT2D eigenvalue weighted by molar-refractivity contribution is -0.133. The number of rotatable bonds is 6. The third-order valence-electron chi connectivity index (χ3n) is 5.85. The first-order valence-electron chi connectivity index (χ1n) is 10.3. The van der Waals surface area contributed by atoms with Crippen molar-refractivity contribution in [3.05, 3.63) is 70.7 Å². The Bertz CT molecular complexity index is 945. The van der Waals surface area contributed by atoms with Crippen LogP contribution in [0.4, 0.5) is 0 Å². The Morgan fingerprint density at radius 1 is 1.03 bits per heavy atom. The summed E-state index contributed by atoms with van der Waals surface area (Å²) >= 11 is 1.67. The molecule has 0 bridgehead atoms. The van der Waals surface area contributed by atoms with E-state index in [1.807, 2.05) is 35.5 Å². The molecule has 0 N–H and O–H groups in total. The van der Waals surface area contributed by atoms with Crippen LogP contribution in [0.1, 0.15) is 23.6 Å². The fraction of sp³-hybridized carbons (Fsp3) is 0.348. The van der Waals surface area contributed by atoms with Crippen LogP contribution in [-0.2, 0) is 11.3 Å². The second-order valence-corrected chi connectivity index (χ2v) is 8.53. The maximum atomic E-state index is 13.1. The van der Waals surface area contributed by atoms with E-state index in [0.29, 0.717) is 13.2 Å². The number of aromatic nitrogens is 1. The molecule has 2 aromatic heterocycles. The summed E-state index contributed by atoms with van der Waals surface area (Å²) in [4.78, 5) is 17.5. The van der Waals surface area contributed by atoms with Gasteiger partial charge in [0.05, 0.1) is 12.5 Å². The molecule has 1 amide bonds. The van der Waals surface area contributed by atoms with Crippen molar-refractivity contribution in [2.45, 2.75) is 19.0 Å². The minimum atomic E-state index is 0.0606. The van der Waals surface area contributed by atoms with E-state index in [-0.39, 0.29) is 11.9 Å². The summed E-state index contributed by atoms with van der Waals surface area (Å²) < 4.78 is 13.0. The highest BCUT2D eigenvalue weighted by molar-refractivity contribution is 7.08. The number of thiophene rings is 1. The quantitative estimate of drug-likeness (QED) is 0.608. The number of amides is 1. The lowest BCUT2D eigenvalue weighted by Gasteiger charge is -2.35. The third kappa shape index (κ3) is 4.08. The van der Waals surface area contributed by atoms with Crippen LogP contribution in [0.3, 0.4) is 0 Å².